The zero-order valence-electron chi connectivity index (χ0n) is 13.6. The maximum Gasteiger partial charge on any atom is 0.0119 e. The molecular weight excluding hydrogens is 232 g/mol. The summed E-state index contributed by atoms with van der Waals surface area (Å²) in [6, 6.07) is 1.72. The molecule has 0 spiro atoms. The quantitative estimate of drug-likeness (QED) is 0.767. The van der Waals surface area contributed by atoms with Crippen LogP contribution in [0.25, 0.3) is 0 Å². The second kappa shape index (κ2) is 7.08. The molecule has 0 N–H and O–H groups in total. The van der Waals surface area contributed by atoms with Crippen molar-refractivity contribution in [2.24, 2.45) is 11.8 Å². The molecular formula is C17H34N2. The minimum Gasteiger partial charge on any atom is -0.303 e. The summed E-state index contributed by atoms with van der Waals surface area (Å²) in [6.07, 6.45) is 8.53. The van der Waals surface area contributed by atoms with E-state index in [1.165, 1.54) is 58.2 Å². The highest BCUT2D eigenvalue weighted by atomic mass is 15.2. The van der Waals surface area contributed by atoms with Crippen LogP contribution < -0.4 is 0 Å². The summed E-state index contributed by atoms with van der Waals surface area (Å²) in [5.74, 6) is 1.78. The van der Waals surface area contributed by atoms with Crippen molar-refractivity contribution >= 4 is 0 Å². The fraction of sp³-hybridized carbons (Fsp3) is 1.00. The number of likely N-dealkylation sites (tertiary alicyclic amines) is 1. The molecule has 112 valence electrons. The van der Waals surface area contributed by atoms with Gasteiger partial charge in [-0.1, -0.05) is 20.8 Å². The lowest BCUT2D eigenvalue weighted by molar-refractivity contribution is 0.0700. The second-order valence-electron chi connectivity index (χ2n) is 7.50. The van der Waals surface area contributed by atoms with Crippen molar-refractivity contribution in [2.45, 2.75) is 71.4 Å². The maximum atomic E-state index is 2.73. The first-order chi connectivity index (χ1) is 9.06. The molecule has 2 nitrogen and oxygen atoms in total. The zero-order chi connectivity index (χ0) is 13.8. The van der Waals surface area contributed by atoms with Gasteiger partial charge < -0.3 is 9.80 Å². The fourth-order valence-electron chi connectivity index (χ4n) is 3.97. The van der Waals surface area contributed by atoms with E-state index in [-0.39, 0.29) is 0 Å². The average molecular weight is 266 g/mol. The lowest BCUT2D eigenvalue weighted by Gasteiger charge is -2.42. The van der Waals surface area contributed by atoms with Crippen molar-refractivity contribution in [2.75, 3.05) is 26.7 Å². The molecule has 0 unspecified atom stereocenters. The van der Waals surface area contributed by atoms with Gasteiger partial charge in [-0.15, -0.1) is 0 Å². The summed E-state index contributed by atoms with van der Waals surface area (Å²) < 4.78 is 0. The van der Waals surface area contributed by atoms with Crippen molar-refractivity contribution in [1.29, 1.82) is 0 Å². The standard InChI is InChI=1S/C17H34N2/c1-14(2)13-19-11-9-17(10-12-19)18(4)16-7-5-15(3)6-8-16/h14-17H,5-13H2,1-4H3. The van der Waals surface area contributed by atoms with Gasteiger partial charge in [0.15, 0.2) is 0 Å². The summed E-state index contributed by atoms with van der Waals surface area (Å²) in [5.41, 5.74) is 0. The third-order valence-electron chi connectivity index (χ3n) is 5.32. The van der Waals surface area contributed by atoms with Gasteiger partial charge in [-0.05, 0) is 70.5 Å². The lowest BCUT2D eigenvalue weighted by atomic mass is 9.85. The average Bonchev–Trinajstić information content (AvgIpc) is 2.39. The highest BCUT2D eigenvalue weighted by Gasteiger charge is 2.29. The topological polar surface area (TPSA) is 6.48 Å². The van der Waals surface area contributed by atoms with E-state index in [9.17, 15) is 0 Å². The number of hydrogen-bond acceptors (Lipinski definition) is 2. The van der Waals surface area contributed by atoms with Gasteiger partial charge >= 0.3 is 0 Å². The molecule has 0 aromatic heterocycles. The zero-order valence-corrected chi connectivity index (χ0v) is 13.6. The van der Waals surface area contributed by atoms with Crippen LogP contribution in [0.15, 0.2) is 0 Å². The molecule has 2 rings (SSSR count). The van der Waals surface area contributed by atoms with E-state index in [1.54, 1.807) is 0 Å². The van der Waals surface area contributed by atoms with Gasteiger partial charge in [0.2, 0.25) is 0 Å². The Bertz CT molecular complexity index is 248. The minimum atomic E-state index is 0.814. The third kappa shape index (κ3) is 4.46. The van der Waals surface area contributed by atoms with E-state index in [0.29, 0.717) is 0 Å². The van der Waals surface area contributed by atoms with Crippen LogP contribution >= 0.6 is 0 Å². The van der Waals surface area contributed by atoms with Gasteiger partial charge in [-0.2, -0.15) is 0 Å². The predicted octanol–water partition coefficient (Wildman–Crippen LogP) is 3.62. The highest BCUT2D eigenvalue weighted by molar-refractivity contribution is 4.84. The summed E-state index contributed by atoms with van der Waals surface area (Å²) in [5, 5.41) is 0. The molecule has 1 saturated heterocycles. The summed E-state index contributed by atoms with van der Waals surface area (Å²) in [6.45, 7) is 11.0. The first-order valence-corrected chi connectivity index (χ1v) is 8.50. The second-order valence-corrected chi connectivity index (χ2v) is 7.50. The Labute approximate surface area is 120 Å². The van der Waals surface area contributed by atoms with Crippen LogP contribution in [-0.2, 0) is 0 Å². The van der Waals surface area contributed by atoms with Gasteiger partial charge in [-0.3, -0.25) is 0 Å². The number of hydrogen-bond donors (Lipinski definition) is 0. The molecule has 19 heavy (non-hydrogen) atoms. The first kappa shape index (κ1) is 15.3. The molecule has 0 atom stereocenters. The Morgan fingerprint density at radius 1 is 0.947 bits per heavy atom. The maximum absolute atomic E-state index is 2.73. The van der Waals surface area contributed by atoms with Crippen molar-refractivity contribution < 1.29 is 0 Å². The molecule has 0 amide bonds. The lowest BCUT2D eigenvalue weighted by Crippen LogP contribution is -2.48. The van der Waals surface area contributed by atoms with E-state index >= 15 is 0 Å². The summed E-state index contributed by atoms with van der Waals surface area (Å²) in [7, 11) is 2.39. The van der Waals surface area contributed by atoms with Crippen LogP contribution in [0.1, 0.15) is 59.3 Å². The van der Waals surface area contributed by atoms with Gasteiger partial charge in [0.1, 0.15) is 0 Å². The monoisotopic (exact) mass is 266 g/mol. The third-order valence-corrected chi connectivity index (χ3v) is 5.32. The van der Waals surface area contributed by atoms with Crippen molar-refractivity contribution in [3.63, 3.8) is 0 Å². The molecule has 0 bridgehead atoms. The van der Waals surface area contributed by atoms with Crippen LogP contribution in [0.2, 0.25) is 0 Å². The Morgan fingerprint density at radius 3 is 2.00 bits per heavy atom. The van der Waals surface area contributed by atoms with Crippen molar-refractivity contribution in [3.8, 4) is 0 Å². The van der Waals surface area contributed by atoms with Crippen molar-refractivity contribution in [3.05, 3.63) is 0 Å². The van der Waals surface area contributed by atoms with E-state index < -0.39 is 0 Å². The molecule has 2 aliphatic rings. The fourth-order valence-corrected chi connectivity index (χ4v) is 3.97. The molecule has 2 heteroatoms. The van der Waals surface area contributed by atoms with Crippen molar-refractivity contribution in [1.82, 2.24) is 9.80 Å². The summed E-state index contributed by atoms with van der Waals surface area (Å²) >= 11 is 0. The Hall–Kier alpha value is -0.0800. The first-order valence-electron chi connectivity index (χ1n) is 8.50. The summed E-state index contributed by atoms with van der Waals surface area (Å²) in [4.78, 5) is 5.40. The van der Waals surface area contributed by atoms with E-state index in [1.807, 2.05) is 0 Å². The molecule has 1 aliphatic heterocycles. The Kier molecular flexibility index (Phi) is 5.70. The van der Waals surface area contributed by atoms with Crippen LogP contribution in [0.3, 0.4) is 0 Å². The molecule has 0 radical (unpaired) electrons. The van der Waals surface area contributed by atoms with E-state index in [4.69, 9.17) is 0 Å². The van der Waals surface area contributed by atoms with Crippen LogP contribution in [0.5, 0.6) is 0 Å². The number of rotatable bonds is 4. The minimum absolute atomic E-state index is 0.814. The normalized spacial score (nSPS) is 31.3. The largest absolute Gasteiger partial charge is 0.303 e. The van der Waals surface area contributed by atoms with Crippen LogP contribution in [-0.4, -0.2) is 48.6 Å². The van der Waals surface area contributed by atoms with Crippen LogP contribution in [0, 0.1) is 11.8 Å². The van der Waals surface area contributed by atoms with Gasteiger partial charge in [0, 0.05) is 18.6 Å². The van der Waals surface area contributed by atoms with E-state index in [2.05, 4.69) is 37.6 Å². The molecule has 0 aromatic rings. The predicted molar refractivity (Wildman–Crippen MR) is 83.5 cm³/mol. The van der Waals surface area contributed by atoms with E-state index in [0.717, 1.165) is 23.9 Å². The molecule has 0 aromatic carbocycles. The Balaban J connectivity index is 1.74. The van der Waals surface area contributed by atoms with Gasteiger partial charge in [0.25, 0.3) is 0 Å². The van der Waals surface area contributed by atoms with Crippen LogP contribution in [0.4, 0.5) is 0 Å². The number of nitrogens with zero attached hydrogens (tertiary/aromatic N) is 2. The highest BCUT2D eigenvalue weighted by Crippen LogP contribution is 2.29. The molecule has 1 aliphatic carbocycles. The van der Waals surface area contributed by atoms with Gasteiger partial charge in [0.05, 0.1) is 0 Å². The Morgan fingerprint density at radius 2 is 1.47 bits per heavy atom. The smallest absolute Gasteiger partial charge is 0.0119 e. The number of piperidine rings is 1. The van der Waals surface area contributed by atoms with Gasteiger partial charge in [-0.25, -0.2) is 0 Å². The molecule has 1 saturated carbocycles. The molecule has 1 heterocycles. The SMILES string of the molecule is CC(C)CN1CCC(N(C)C2CCC(C)CC2)CC1. The molecule has 2 fully saturated rings.